The van der Waals surface area contributed by atoms with E-state index in [1.165, 1.54) is 0 Å². The Morgan fingerprint density at radius 3 is 2.71 bits per heavy atom. The Hall–Kier alpha value is -1.86. The van der Waals surface area contributed by atoms with Crippen LogP contribution in [0, 0.1) is 0 Å². The highest BCUT2D eigenvalue weighted by atomic mass is 35.5. The van der Waals surface area contributed by atoms with Gasteiger partial charge >= 0.3 is 0 Å². The molecular weight excluding hydrogens is 421 g/mol. The first-order valence-electron chi connectivity index (χ1n) is 8.53. The van der Waals surface area contributed by atoms with Gasteiger partial charge in [-0.2, -0.15) is 0 Å². The van der Waals surface area contributed by atoms with Gasteiger partial charge in [-0.25, -0.2) is 9.97 Å². The number of hydrogen-bond donors (Lipinski definition) is 1. The molecule has 0 aliphatic rings. The van der Waals surface area contributed by atoms with Crippen LogP contribution in [0.2, 0.25) is 5.02 Å². The summed E-state index contributed by atoms with van der Waals surface area (Å²) in [4.78, 5) is 23.6. The number of nitrogens with zero attached hydrogens (tertiary/aromatic N) is 4. The van der Waals surface area contributed by atoms with Gasteiger partial charge in [0.25, 0.3) is 0 Å². The smallest absolute Gasteiger partial charge is 0.240 e. The number of rotatable bonds is 7. The van der Waals surface area contributed by atoms with Crippen LogP contribution in [0.25, 0.3) is 22.6 Å². The zero-order valence-electron chi connectivity index (χ0n) is 15.8. The van der Waals surface area contributed by atoms with E-state index in [1.54, 1.807) is 6.20 Å². The van der Waals surface area contributed by atoms with E-state index in [4.69, 9.17) is 11.6 Å². The predicted molar refractivity (Wildman–Crippen MR) is 119 cm³/mol. The largest absolute Gasteiger partial charge is 0.355 e. The zero-order valence-corrected chi connectivity index (χ0v) is 18.2. The average molecular weight is 445 g/mol. The van der Waals surface area contributed by atoms with Crippen molar-refractivity contribution in [2.24, 2.45) is 0 Å². The Morgan fingerprint density at radius 2 is 2.00 bits per heavy atom. The number of imidazole rings is 1. The first kappa shape index (κ1) is 24.2. The van der Waals surface area contributed by atoms with Crippen LogP contribution in [0.15, 0.2) is 42.6 Å². The minimum Gasteiger partial charge on any atom is -0.355 e. The molecule has 3 aromatic rings. The van der Waals surface area contributed by atoms with Crippen molar-refractivity contribution < 1.29 is 4.79 Å². The van der Waals surface area contributed by atoms with Crippen molar-refractivity contribution in [2.45, 2.75) is 13.0 Å². The van der Waals surface area contributed by atoms with E-state index >= 15 is 0 Å². The highest BCUT2D eigenvalue weighted by Gasteiger charge is 2.16. The lowest BCUT2D eigenvalue weighted by molar-refractivity contribution is -0.121. The third-order valence-electron chi connectivity index (χ3n) is 3.99. The van der Waals surface area contributed by atoms with Crippen molar-refractivity contribution in [1.29, 1.82) is 0 Å². The molecule has 152 valence electrons. The lowest BCUT2D eigenvalue weighted by atomic mass is 10.2. The van der Waals surface area contributed by atoms with Crippen molar-refractivity contribution in [3.05, 3.63) is 47.6 Å². The molecular formula is C19H24Cl3N5O. The third kappa shape index (κ3) is 6.07. The Bertz CT molecular complexity index is 913. The fourth-order valence-corrected chi connectivity index (χ4v) is 2.97. The number of pyridine rings is 1. The number of hydrogen-bond acceptors (Lipinski definition) is 4. The molecule has 0 aliphatic carbocycles. The maximum absolute atomic E-state index is 12.4. The van der Waals surface area contributed by atoms with Crippen LogP contribution in [0.5, 0.6) is 0 Å². The summed E-state index contributed by atoms with van der Waals surface area (Å²) in [6.07, 6.45) is 2.61. The van der Waals surface area contributed by atoms with Crippen LogP contribution in [-0.4, -0.2) is 52.5 Å². The molecule has 0 fully saturated rings. The second-order valence-corrected chi connectivity index (χ2v) is 6.82. The van der Waals surface area contributed by atoms with Crippen molar-refractivity contribution in [2.75, 3.05) is 27.2 Å². The van der Waals surface area contributed by atoms with Gasteiger partial charge in [-0.05, 0) is 51.3 Å². The molecule has 2 aromatic heterocycles. The minimum atomic E-state index is -0.0583. The molecule has 28 heavy (non-hydrogen) atoms. The van der Waals surface area contributed by atoms with Crippen LogP contribution in [0.4, 0.5) is 0 Å². The summed E-state index contributed by atoms with van der Waals surface area (Å²) in [5.41, 5.74) is 2.30. The van der Waals surface area contributed by atoms with Gasteiger partial charge in [0.1, 0.15) is 17.9 Å². The van der Waals surface area contributed by atoms with Gasteiger partial charge in [0.15, 0.2) is 5.65 Å². The van der Waals surface area contributed by atoms with Crippen LogP contribution >= 0.6 is 36.4 Å². The van der Waals surface area contributed by atoms with Crippen molar-refractivity contribution in [1.82, 2.24) is 24.8 Å². The van der Waals surface area contributed by atoms with Crippen LogP contribution in [0.3, 0.4) is 0 Å². The van der Waals surface area contributed by atoms with Gasteiger partial charge in [0.2, 0.25) is 5.91 Å². The summed E-state index contributed by atoms with van der Waals surface area (Å²) in [6.45, 7) is 1.74. The quantitative estimate of drug-likeness (QED) is 0.565. The van der Waals surface area contributed by atoms with Gasteiger partial charge in [-0.15, -0.1) is 24.8 Å². The minimum absolute atomic E-state index is 0. The topological polar surface area (TPSA) is 63.1 Å². The summed E-state index contributed by atoms with van der Waals surface area (Å²) in [5, 5.41) is 3.59. The van der Waals surface area contributed by atoms with E-state index in [0.29, 0.717) is 23.0 Å². The predicted octanol–water partition coefficient (Wildman–Crippen LogP) is 3.66. The number of carbonyl (C=O) groups is 1. The molecule has 0 saturated carbocycles. The lowest BCUT2D eigenvalue weighted by Gasteiger charge is -2.11. The number of fused-ring (bicyclic) bond motifs is 1. The lowest BCUT2D eigenvalue weighted by Crippen LogP contribution is -2.30. The van der Waals surface area contributed by atoms with Crippen molar-refractivity contribution >= 4 is 53.5 Å². The maximum Gasteiger partial charge on any atom is 0.240 e. The number of benzene rings is 1. The van der Waals surface area contributed by atoms with Gasteiger partial charge in [-0.3, -0.25) is 9.36 Å². The summed E-state index contributed by atoms with van der Waals surface area (Å²) in [5.74, 6) is 0.627. The van der Waals surface area contributed by atoms with Crippen LogP contribution < -0.4 is 5.32 Å². The molecule has 9 heteroatoms. The average Bonchev–Trinajstić information content (AvgIpc) is 2.97. The second kappa shape index (κ2) is 11.2. The van der Waals surface area contributed by atoms with E-state index in [9.17, 15) is 4.79 Å². The molecule has 0 spiro atoms. The molecule has 1 amide bonds. The van der Waals surface area contributed by atoms with Gasteiger partial charge in [0.05, 0.1) is 0 Å². The molecule has 0 saturated heterocycles. The number of aromatic nitrogens is 3. The summed E-state index contributed by atoms with van der Waals surface area (Å²) in [6, 6.07) is 11.2. The van der Waals surface area contributed by atoms with Crippen molar-refractivity contribution in [3.8, 4) is 11.4 Å². The Morgan fingerprint density at radius 1 is 1.21 bits per heavy atom. The first-order valence-corrected chi connectivity index (χ1v) is 8.91. The van der Waals surface area contributed by atoms with Crippen molar-refractivity contribution in [3.63, 3.8) is 0 Å². The molecule has 0 radical (unpaired) electrons. The molecule has 1 N–H and O–H groups in total. The number of amides is 1. The SMILES string of the molecule is CN(C)CCCNC(=O)Cn1c(-c2cccc(Cl)c2)nc2cccnc21.Cl.Cl. The van der Waals surface area contributed by atoms with Gasteiger partial charge < -0.3 is 10.2 Å². The van der Waals surface area contributed by atoms with Gasteiger partial charge in [0, 0.05) is 23.3 Å². The molecule has 3 rings (SSSR count). The van der Waals surface area contributed by atoms with Gasteiger partial charge in [-0.1, -0.05) is 23.7 Å². The Labute approximate surface area is 182 Å². The molecule has 0 aliphatic heterocycles. The summed E-state index contributed by atoms with van der Waals surface area (Å²) < 4.78 is 1.84. The highest BCUT2D eigenvalue weighted by molar-refractivity contribution is 6.30. The van der Waals surface area contributed by atoms with Crippen LogP contribution in [-0.2, 0) is 11.3 Å². The van der Waals surface area contributed by atoms with E-state index in [2.05, 4.69) is 20.2 Å². The fourth-order valence-electron chi connectivity index (χ4n) is 2.78. The first-order chi connectivity index (χ1) is 12.5. The molecule has 1 aromatic carbocycles. The maximum atomic E-state index is 12.4. The number of nitrogens with one attached hydrogen (secondary N) is 1. The second-order valence-electron chi connectivity index (χ2n) is 6.38. The number of halogens is 3. The highest BCUT2D eigenvalue weighted by Crippen LogP contribution is 2.25. The molecule has 6 nitrogen and oxygen atoms in total. The van der Waals surface area contributed by atoms with E-state index in [-0.39, 0.29) is 37.3 Å². The van der Waals surface area contributed by atoms with E-state index in [1.807, 2.05) is 55.1 Å². The summed E-state index contributed by atoms with van der Waals surface area (Å²) in [7, 11) is 4.03. The molecule has 2 heterocycles. The number of carbonyl (C=O) groups excluding carboxylic acids is 1. The normalized spacial score (nSPS) is 10.4. The van der Waals surface area contributed by atoms with E-state index in [0.717, 1.165) is 24.0 Å². The summed E-state index contributed by atoms with van der Waals surface area (Å²) >= 11 is 6.13. The zero-order chi connectivity index (χ0) is 18.5. The molecule has 0 atom stereocenters. The van der Waals surface area contributed by atoms with Crippen LogP contribution in [0.1, 0.15) is 6.42 Å². The Balaban J connectivity index is 0.00000196. The standard InChI is InChI=1S/C19H22ClN5O.2ClH/c1-24(2)11-5-10-21-17(26)13-25-18(14-6-3-7-15(20)12-14)23-16-8-4-9-22-19(16)25;;/h3-4,6-9,12H,5,10-11,13H2,1-2H3,(H,21,26);2*1H. The molecule has 0 unspecified atom stereocenters. The third-order valence-corrected chi connectivity index (χ3v) is 4.23. The Kier molecular flexibility index (Phi) is 9.69. The molecule has 0 bridgehead atoms. The monoisotopic (exact) mass is 443 g/mol. The van der Waals surface area contributed by atoms with E-state index < -0.39 is 0 Å². The fraction of sp³-hybridized carbons (Fsp3) is 0.316.